The summed E-state index contributed by atoms with van der Waals surface area (Å²) in [6.45, 7) is 3.57. The number of nitrogens with two attached hydrogens (primary N) is 1. The minimum atomic E-state index is -0.445. The topological polar surface area (TPSA) is 85.3 Å². The largest absolute Gasteiger partial charge is 0.497 e. The van der Waals surface area contributed by atoms with Gasteiger partial charge in [-0.2, -0.15) is 4.98 Å². The molecule has 0 bridgehead atoms. The summed E-state index contributed by atoms with van der Waals surface area (Å²) in [7, 11) is 1.51. The predicted molar refractivity (Wildman–Crippen MR) is 148 cm³/mol. The molecule has 2 N–H and O–H groups in total. The van der Waals surface area contributed by atoms with Crippen molar-refractivity contribution in [3.63, 3.8) is 0 Å². The zero-order chi connectivity index (χ0) is 26.1. The predicted octanol–water partition coefficient (Wildman–Crippen LogP) is 4.60. The molecule has 8 nitrogen and oxygen atoms in total. The zero-order valence-corrected chi connectivity index (χ0v) is 21.1. The van der Waals surface area contributed by atoms with Crippen molar-refractivity contribution in [3.05, 3.63) is 90.2 Å². The molecule has 38 heavy (non-hydrogen) atoms. The fourth-order valence-corrected chi connectivity index (χ4v) is 4.87. The van der Waals surface area contributed by atoms with E-state index in [0.29, 0.717) is 46.4 Å². The number of methoxy groups -OCH3 is 1. The molecule has 1 saturated heterocycles. The Kier molecular flexibility index (Phi) is 6.25. The van der Waals surface area contributed by atoms with Gasteiger partial charge in [-0.15, -0.1) is 5.10 Å². The van der Waals surface area contributed by atoms with Crippen LogP contribution in [0.3, 0.4) is 0 Å². The maximum absolute atomic E-state index is 15.3. The van der Waals surface area contributed by atoms with Crippen molar-refractivity contribution in [2.24, 2.45) is 0 Å². The summed E-state index contributed by atoms with van der Waals surface area (Å²) in [6.07, 6.45) is 0. The van der Waals surface area contributed by atoms with Gasteiger partial charge in [0.15, 0.2) is 5.65 Å². The Balaban J connectivity index is 1.41. The van der Waals surface area contributed by atoms with Crippen LogP contribution in [0.1, 0.15) is 5.56 Å². The van der Waals surface area contributed by atoms with Crippen LogP contribution in [-0.4, -0.2) is 53.0 Å². The van der Waals surface area contributed by atoms with E-state index in [2.05, 4.69) is 21.9 Å². The van der Waals surface area contributed by atoms with Gasteiger partial charge in [-0.1, -0.05) is 48.5 Å². The van der Waals surface area contributed by atoms with E-state index in [1.54, 1.807) is 16.8 Å². The van der Waals surface area contributed by atoms with Crippen LogP contribution in [-0.2, 0) is 6.54 Å². The molecule has 192 valence electrons. The van der Waals surface area contributed by atoms with Crippen molar-refractivity contribution in [1.29, 1.82) is 0 Å². The highest BCUT2D eigenvalue weighted by Gasteiger charge is 2.25. The Morgan fingerprint density at radius 2 is 1.55 bits per heavy atom. The molecule has 0 radical (unpaired) electrons. The van der Waals surface area contributed by atoms with Gasteiger partial charge >= 0.3 is 0 Å². The number of halogens is 1. The van der Waals surface area contributed by atoms with E-state index in [4.69, 9.17) is 25.5 Å². The molecule has 6 rings (SSSR count). The maximum atomic E-state index is 15.3. The summed E-state index contributed by atoms with van der Waals surface area (Å²) in [6, 6.07) is 25.0. The first-order chi connectivity index (χ1) is 18.6. The first-order valence-corrected chi connectivity index (χ1v) is 12.6. The van der Waals surface area contributed by atoms with Gasteiger partial charge in [0.25, 0.3) is 0 Å². The number of ether oxygens (including phenoxy) is 1. The Morgan fingerprint density at radius 1 is 0.868 bits per heavy atom. The molecule has 0 saturated carbocycles. The Hall–Kier alpha value is -4.66. The number of para-hydroxylation sites is 1. The fraction of sp³-hybridized carbons (Fsp3) is 0.207. The lowest BCUT2D eigenvalue weighted by Gasteiger charge is -2.36. The van der Waals surface area contributed by atoms with Gasteiger partial charge in [0, 0.05) is 43.5 Å². The number of fused-ring (bicyclic) bond motifs is 1. The minimum Gasteiger partial charge on any atom is -0.497 e. The van der Waals surface area contributed by atoms with E-state index in [1.807, 2.05) is 48.5 Å². The number of anilines is 3. The van der Waals surface area contributed by atoms with E-state index in [1.165, 1.54) is 18.9 Å². The molecule has 2 aromatic heterocycles. The van der Waals surface area contributed by atoms with Crippen molar-refractivity contribution in [1.82, 2.24) is 19.7 Å². The maximum Gasteiger partial charge on any atom is 0.228 e. The van der Waals surface area contributed by atoms with Crippen molar-refractivity contribution in [2.75, 3.05) is 48.8 Å². The molecule has 0 aliphatic carbocycles. The second kappa shape index (κ2) is 10.0. The fourth-order valence-electron chi connectivity index (χ4n) is 4.87. The Labute approximate surface area is 220 Å². The van der Waals surface area contributed by atoms with Gasteiger partial charge in [-0.25, -0.2) is 14.1 Å². The number of nitrogens with zero attached hydrogens (tertiary/aromatic N) is 6. The van der Waals surface area contributed by atoms with Crippen LogP contribution in [0.5, 0.6) is 5.75 Å². The molecule has 9 heteroatoms. The lowest BCUT2D eigenvalue weighted by atomic mass is 10.1. The third-order valence-electron chi connectivity index (χ3n) is 6.92. The Bertz CT molecular complexity index is 1560. The van der Waals surface area contributed by atoms with Crippen LogP contribution in [0.4, 0.5) is 21.8 Å². The molecule has 3 aromatic carbocycles. The van der Waals surface area contributed by atoms with Gasteiger partial charge < -0.3 is 20.3 Å². The van der Waals surface area contributed by atoms with E-state index in [9.17, 15) is 0 Å². The number of aromatic nitrogens is 4. The van der Waals surface area contributed by atoms with Crippen LogP contribution in [0.25, 0.3) is 22.3 Å². The summed E-state index contributed by atoms with van der Waals surface area (Å²) in [5.74, 6) is 0.898. The lowest BCUT2D eigenvalue weighted by Crippen LogP contribution is -2.47. The van der Waals surface area contributed by atoms with Crippen LogP contribution in [0, 0.1) is 5.82 Å². The highest BCUT2D eigenvalue weighted by molar-refractivity contribution is 5.99. The molecule has 0 amide bonds. The summed E-state index contributed by atoms with van der Waals surface area (Å²) in [4.78, 5) is 14.1. The second-order valence-electron chi connectivity index (χ2n) is 9.25. The smallest absolute Gasteiger partial charge is 0.228 e. The molecule has 0 spiro atoms. The number of nitrogen functional groups attached to an aromatic ring is 1. The van der Waals surface area contributed by atoms with Crippen LogP contribution in [0.15, 0.2) is 78.9 Å². The van der Waals surface area contributed by atoms with Crippen molar-refractivity contribution >= 4 is 28.5 Å². The lowest BCUT2D eigenvalue weighted by molar-refractivity contribution is 0.411. The third-order valence-corrected chi connectivity index (χ3v) is 6.92. The van der Waals surface area contributed by atoms with Crippen LogP contribution >= 0.6 is 0 Å². The molecule has 1 aliphatic rings. The third kappa shape index (κ3) is 4.47. The van der Waals surface area contributed by atoms with Gasteiger partial charge in [-0.3, -0.25) is 0 Å². The normalized spacial score (nSPS) is 13.7. The van der Waals surface area contributed by atoms with Gasteiger partial charge in [0.05, 0.1) is 24.7 Å². The number of piperazine rings is 1. The summed E-state index contributed by atoms with van der Waals surface area (Å²) >= 11 is 0. The van der Waals surface area contributed by atoms with E-state index >= 15 is 4.39 Å². The van der Waals surface area contributed by atoms with Crippen molar-refractivity contribution in [3.8, 4) is 17.0 Å². The molecule has 5 aromatic rings. The monoisotopic (exact) mass is 509 g/mol. The average molecular weight is 510 g/mol. The molecular formula is C29H28FN7O. The quantitative estimate of drug-likeness (QED) is 0.358. The molecule has 0 unspecified atom stereocenters. The average Bonchev–Trinajstić information content (AvgIpc) is 3.28. The molecular weight excluding hydrogens is 481 g/mol. The van der Waals surface area contributed by atoms with E-state index in [0.717, 1.165) is 31.7 Å². The van der Waals surface area contributed by atoms with Crippen molar-refractivity contribution < 1.29 is 9.13 Å². The summed E-state index contributed by atoms with van der Waals surface area (Å²) in [5, 5.41) is 5.27. The van der Waals surface area contributed by atoms with E-state index in [-0.39, 0.29) is 0 Å². The molecule has 0 atom stereocenters. The summed E-state index contributed by atoms with van der Waals surface area (Å²) < 4.78 is 22.2. The highest BCUT2D eigenvalue weighted by atomic mass is 19.1. The molecule has 1 aliphatic heterocycles. The Morgan fingerprint density at radius 3 is 2.24 bits per heavy atom. The second-order valence-corrected chi connectivity index (χ2v) is 9.25. The molecule has 3 heterocycles. The number of benzene rings is 3. The standard InChI is InChI=1S/C29H28FN7O/c1-38-22-12-13-23(24(30)18-22)26-25-27(31)37(19-20-8-4-2-5-9-20)34-28(25)33-29(32-26)36-16-14-35(15-17-36)21-10-6-3-7-11-21/h2-13,18H,14-17,19,31H2,1H3. The van der Waals surface area contributed by atoms with Gasteiger partial charge in [0.2, 0.25) is 5.95 Å². The van der Waals surface area contributed by atoms with E-state index < -0.39 is 5.82 Å². The van der Waals surface area contributed by atoms with Gasteiger partial charge in [0.1, 0.15) is 17.4 Å². The number of hydrogen-bond acceptors (Lipinski definition) is 7. The zero-order valence-electron chi connectivity index (χ0n) is 21.1. The first kappa shape index (κ1) is 23.7. The van der Waals surface area contributed by atoms with Crippen LogP contribution in [0.2, 0.25) is 0 Å². The van der Waals surface area contributed by atoms with Crippen molar-refractivity contribution in [2.45, 2.75) is 6.54 Å². The summed E-state index contributed by atoms with van der Waals surface area (Å²) in [5.41, 5.74) is 10.0. The SMILES string of the molecule is COc1ccc(-c2nc(N3CCN(c4ccccc4)CC3)nc3nn(Cc4ccccc4)c(N)c23)c(F)c1. The first-order valence-electron chi connectivity index (χ1n) is 12.6. The highest BCUT2D eigenvalue weighted by Crippen LogP contribution is 2.35. The minimum absolute atomic E-state index is 0.327. The number of hydrogen-bond donors (Lipinski definition) is 1. The molecule has 1 fully saturated rings. The number of rotatable bonds is 6. The van der Waals surface area contributed by atoms with Gasteiger partial charge in [-0.05, 0) is 29.8 Å². The van der Waals surface area contributed by atoms with Crippen LogP contribution < -0.4 is 20.3 Å².